The van der Waals surface area contributed by atoms with Gasteiger partial charge < -0.3 is 14.7 Å². The van der Waals surface area contributed by atoms with E-state index in [1.165, 1.54) is 24.0 Å². The SMILES string of the molecule is O=C(c1cccc(O)c1)N1CC2(C1)CN(CC1CC1)C(C(=O)N1CCCCO1)CO2. The number of hydrogen-bond acceptors (Lipinski definition) is 6. The Labute approximate surface area is 176 Å². The minimum absolute atomic E-state index is 0.00258. The van der Waals surface area contributed by atoms with Crippen molar-refractivity contribution in [1.29, 1.82) is 0 Å². The summed E-state index contributed by atoms with van der Waals surface area (Å²) in [6.07, 6.45) is 4.39. The molecule has 4 aliphatic rings. The van der Waals surface area contributed by atoms with Gasteiger partial charge in [0, 0.05) is 25.2 Å². The maximum atomic E-state index is 13.1. The third-order valence-electron chi connectivity index (χ3n) is 6.54. The third-order valence-corrected chi connectivity index (χ3v) is 6.54. The number of hydroxylamine groups is 2. The zero-order valence-electron chi connectivity index (χ0n) is 17.2. The zero-order valence-corrected chi connectivity index (χ0v) is 17.2. The molecule has 1 unspecified atom stereocenters. The summed E-state index contributed by atoms with van der Waals surface area (Å²) in [6.45, 7) is 4.13. The van der Waals surface area contributed by atoms with Crippen LogP contribution in [0.25, 0.3) is 0 Å². The molecule has 1 aromatic rings. The topological polar surface area (TPSA) is 82.6 Å². The van der Waals surface area contributed by atoms with E-state index in [0.717, 1.165) is 19.4 Å². The van der Waals surface area contributed by atoms with Crippen LogP contribution in [0.3, 0.4) is 0 Å². The number of rotatable bonds is 4. The molecule has 30 heavy (non-hydrogen) atoms. The van der Waals surface area contributed by atoms with E-state index in [4.69, 9.17) is 9.57 Å². The largest absolute Gasteiger partial charge is 0.508 e. The fourth-order valence-corrected chi connectivity index (χ4v) is 4.68. The van der Waals surface area contributed by atoms with Gasteiger partial charge in [-0.25, -0.2) is 5.06 Å². The Morgan fingerprint density at radius 2 is 2.00 bits per heavy atom. The lowest BCUT2D eigenvalue weighted by molar-refractivity contribution is -0.223. The summed E-state index contributed by atoms with van der Waals surface area (Å²) < 4.78 is 6.21. The fraction of sp³-hybridized carbons (Fsp3) is 0.636. The molecule has 8 nitrogen and oxygen atoms in total. The molecule has 162 valence electrons. The van der Waals surface area contributed by atoms with Gasteiger partial charge in [-0.05, 0) is 49.8 Å². The van der Waals surface area contributed by atoms with Gasteiger partial charge in [-0.2, -0.15) is 0 Å². The molecule has 1 aromatic carbocycles. The van der Waals surface area contributed by atoms with Crippen LogP contribution in [0.1, 0.15) is 36.0 Å². The lowest BCUT2D eigenvalue weighted by Crippen LogP contribution is -2.73. The molecule has 3 aliphatic heterocycles. The second-order valence-electron chi connectivity index (χ2n) is 9.07. The number of amides is 2. The van der Waals surface area contributed by atoms with Crippen molar-refractivity contribution in [2.45, 2.75) is 37.3 Å². The second-order valence-corrected chi connectivity index (χ2v) is 9.07. The number of likely N-dealkylation sites (tertiary alicyclic amines) is 1. The molecule has 0 aromatic heterocycles. The number of carbonyl (C=O) groups is 2. The summed E-state index contributed by atoms with van der Waals surface area (Å²) in [6, 6.07) is 6.11. The van der Waals surface area contributed by atoms with Crippen molar-refractivity contribution >= 4 is 11.8 Å². The summed E-state index contributed by atoms with van der Waals surface area (Å²) in [5, 5.41) is 11.2. The quantitative estimate of drug-likeness (QED) is 0.797. The van der Waals surface area contributed by atoms with Crippen LogP contribution in [0, 0.1) is 5.92 Å². The maximum Gasteiger partial charge on any atom is 0.265 e. The molecule has 0 bridgehead atoms. The van der Waals surface area contributed by atoms with Crippen molar-refractivity contribution in [3.05, 3.63) is 29.8 Å². The predicted molar refractivity (Wildman–Crippen MR) is 108 cm³/mol. The lowest BCUT2D eigenvalue weighted by Gasteiger charge is -2.55. The summed E-state index contributed by atoms with van der Waals surface area (Å²) in [5.41, 5.74) is 0.0618. The molecule has 3 saturated heterocycles. The van der Waals surface area contributed by atoms with E-state index in [1.54, 1.807) is 23.1 Å². The molecular formula is C22H29N3O5. The van der Waals surface area contributed by atoms with E-state index in [0.29, 0.717) is 50.9 Å². The van der Waals surface area contributed by atoms with Crippen molar-refractivity contribution in [2.75, 3.05) is 45.9 Å². The van der Waals surface area contributed by atoms with Crippen molar-refractivity contribution in [2.24, 2.45) is 5.92 Å². The Kier molecular flexibility index (Phi) is 5.16. The van der Waals surface area contributed by atoms with Crippen LogP contribution in [0.4, 0.5) is 0 Å². The van der Waals surface area contributed by atoms with Gasteiger partial charge >= 0.3 is 0 Å². The summed E-state index contributed by atoms with van der Waals surface area (Å²) in [7, 11) is 0. The van der Waals surface area contributed by atoms with Crippen molar-refractivity contribution < 1.29 is 24.3 Å². The molecule has 1 N–H and O–H groups in total. The fourth-order valence-electron chi connectivity index (χ4n) is 4.68. The minimum atomic E-state index is -0.416. The second kappa shape index (κ2) is 7.83. The van der Waals surface area contributed by atoms with Gasteiger partial charge in [-0.15, -0.1) is 0 Å². The van der Waals surface area contributed by atoms with Crippen LogP contribution >= 0.6 is 0 Å². The standard InChI is InChI=1S/C22H29N3O5/c26-18-5-3-4-17(10-18)20(27)24-14-22(15-24)13-23(11-16-6-7-16)19(12-29-22)21(28)25-8-1-2-9-30-25/h3-5,10,16,19,26H,1-2,6-9,11-15H2. The van der Waals surface area contributed by atoms with Crippen LogP contribution in [0.15, 0.2) is 24.3 Å². The molecule has 8 heteroatoms. The summed E-state index contributed by atoms with van der Waals surface area (Å²) in [5.74, 6) is 0.635. The Hall–Kier alpha value is -2.16. The van der Waals surface area contributed by atoms with Crippen LogP contribution in [0.2, 0.25) is 0 Å². The van der Waals surface area contributed by atoms with Crippen LogP contribution < -0.4 is 0 Å². The minimum Gasteiger partial charge on any atom is -0.508 e. The van der Waals surface area contributed by atoms with Gasteiger partial charge in [0.1, 0.15) is 17.4 Å². The van der Waals surface area contributed by atoms with Crippen LogP contribution in [0.5, 0.6) is 5.75 Å². The highest BCUT2D eigenvalue weighted by Gasteiger charge is 2.53. The Bertz CT molecular complexity index is 815. The van der Waals surface area contributed by atoms with E-state index in [2.05, 4.69) is 4.90 Å². The first kappa shape index (κ1) is 19.8. The zero-order chi connectivity index (χ0) is 20.7. The first-order chi connectivity index (χ1) is 14.5. The van der Waals surface area contributed by atoms with Gasteiger partial charge in [0.05, 0.1) is 26.3 Å². The number of nitrogens with zero attached hydrogens (tertiary/aromatic N) is 3. The molecule has 5 rings (SSSR count). The third kappa shape index (κ3) is 3.91. The van der Waals surface area contributed by atoms with E-state index in [1.807, 2.05) is 0 Å². The Morgan fingerprint density at radius 1 is 1.17 bits per heavy atom. The number of phenols is 1. The number of phenolic OH excluding ortho intramolecular Hbond substituents is 1. The first-order valence-corrected chi connectivity index (χ1v) is 10.9. The average Bonchev–Trinajstić information content (AvgIpc) is 3.55. The molecule has 1 spiro atoms. The van der Waals surface area contributed by atoms with Crippen molar-refractivity contribution in [1.82, 2.24) is 14.9 Å². The van der Waals surface area contributed by atoms with Gasteiger partial charge in [-0.1, -0.05) is 6.07 Å². The molecule has 1 aliphatic carbocycles. The highest BCUT2D eigenvalue weighted by Crippen LogP contribution is 2.36. The van der Waals surface area contributed by atoms with Crippen LogP contribution in [-0.2, 0) is 14.4 Å². The van der Waals surface area contributed by atoms with Gasteiger partial charge in [0.25, 0.3) is 11.8 Å². The van der Waals surface area contributed by atoms with Crippen LogP contribution in [-0.4, -0.2) is 89.4 Å². The molecule has 1 saturated carbocycles. The highest BCUT2D eigenvalue weighted by atomic mass is 16.7. The van der Waals surface area contributed by atoms with Gasteiger partial charge in [0.15, 0.2) is 0 Å². The Morgan fingerprint density at radius 3 is 2.70 bits per heavy atom. The molecular weight excluding hydrogens is 386 g/mol. The van der Waals surface area contributed by atoms with E-state index >= 15 is 0 Å². The number of ether oxygens (including phenoxy) is 1. The van der Waals surface area contributed by atoms with E-state index < -0.39 is 5.60 Å². The molecule has 3 heterocycles. The van der Waals surface area contributed by atoms with Crippen molar-refractivity contribution in [3.63, 3.8) is 0 Å². The predicted octanol–water partition coefficient (Wildman–Crippen LogP) is 1.25. The average molecular weight is 415 g/mol. The summed E-state index contributed by atoms with van der Waals surface area (Å²) in [4.78, 5) is 35.4. The molecule has 2 amide bonds. The van der Waals surface area contributed by atoms with Gasteiger partial charge in [-0.3, -0.25) is 19.3 Å². The highest BCUT2D eigenvalue weighted by molar-refractivity contribution is 5.95. The number of aromatic hydroxyl groups is 1. The van der Waals surface area contributed by atoms with Crippen molar-refractivity contribution in [3.8, 4) is 5.75 Å². The first-order valence-electron chi connectivity index (χ1n) is 10.9. The molecule has 1 atom stereocenters. The van der Waals surface area contributed by atoms with Gasteiger partial charge in [0.2, 0.25) is 0 Å². The molecule has 0 radical (unpaired) electrons. The Balaban J connectivity index is 1.24. The summed E-state index contributed by atoms with van der Waals surface area (Å²) >= 11 is 0. The van der Waals surface area contributed by atoms with E-state index in [9.17, 15) is 14.7 Å². The normalized spacial score (nSPS) is 26.5. The number of morpholine rings is 1. The number of hydrogen-bond donors (Lipinski definition) is 1. The smallest absolute Gasteiger partial charge is 0.265 e. The lowest BCUT2D eigenvalue weighted by atomic mass is 9.89. The number of benzene rings is 1. The monoisotopic (exact) mass is 415 g/mol. The maximum absolute atomic E-state index is 13.1. The number of carbonyl (C=O) groups excluding carboxylic acids is 2. The molecule has 4 fully saturated rings. The van der Waals surface area contributed by atoms with E-state index in [-0.39, 0.29) is 23.6 Å².